The van der Waals surface area contributed by atoms with Gasteiger partial charge < -0.3 is 14.8 Å². The highest BCUT2D eigenvalue weighted by atomic mass is 35.5. The van der Waals surface area contributed by atoms with Gasteiger partial charge >= 0.3 is 0 Å². The molecule has 0 saturated heterocycles. The van der Waals surface area contributed by atoms with Crippen LogP contribution in [-0.2, 0) is 4.79 Å². The van der Waals surface area contributed by atoms with E-state index in [2.05, 4.69) is 5.32 Å². The zero-order valence-electron chi connectivity index (χ0n) is 11.4. The van der Waals surface area contributed by atoms with Crippen LogP contribution in [0.15, 0.2) is 30.3 Å². The van der Waals surface area contributed by atoms with Gasteiger partial charge in [-0.05, 0) is 29.3 Å². The van der Waals surface area contributed by atoms with E-state index in [-0.39, 0.29) is 18.6 Å². The number of benzene rings is 2. The van der Waals surface area contributed by atoms with Gasteiger partial charge in [-0.2, -0.15) is 0 Å². The van der Waals surface area contributed by atoms with E-state index in [1.54, 1.807) is 18.2 Å². The van der Waals surface area contributed by atoms with Gasteiger partial charge in [0.2, 0.25) is 12.7 Å². The number of hydrogen-bond acceptors (Lipinski definition) is 3. The molecule has 0 saturated carbocycles. The zero-order chi connectivity index (χ0) is 15.3. The van der Waals surface area contributed by atoms with Gasteiger partial charge in [-0.25, -0.2) is 0 Å². The second-order valence-corrected chi connectivity index (χ2v) is 6.11. The van der Waals surface area contributed by atoms with E-state index in [4.69, 9.17) is 32.7 Å². The number of rotatable bonds is 1. The summed E-state index contributed by atoms with van der Waals surface area (Å²) in [6.07, 6.45) is 0.327. The molecule has 0 aromatic heterocycles. The normalized spacial score (nSPS) is 18.8. The van der Waals surface area contributed by atoms with Crippen molar-refractivity contribution in [2.45, 2.75) is 12.3 Å². The van der Waals surface area contributed by atoms with Crippen LogP contribution in [0, 0.1) is 0 Å². The highest BCUT2D eigenvalue weighted by Gasteiger charge is 2.30. The molecule has 0 aliphatic carbocycles. The summed E-state index contributed by atoms with van der Waals surface area (Å²) < 4.78 is 10.8. The first-order valence-electron chi connectivity index (χ1n) is 6.80. The van der Waals surface area contributed by atoms with Crippen molar-refractivity contribution in [3.8, 4) is 11.5 Å². The molecule has 4 nitrogen and oxygen atoms in total. The van der Waals surface area contributed by atoms with Crippen LogP contribution < -0.4 is 14.8 Å². The molecule has 2 aliphatic rings. The summed E-state index contributed by atoms with van der Waals surface area (Å²) in [6.45, 7) is 0.193. The Morgan fingerprint density at radius 1 is 1.05 bits per heavy atom. The SMILES string of the molecule is O=C1CC(c2ccc(Cl)cc2Cl)c2cc3c(cc2N1)OCO3. The monoisotopic (exact) mass is 335 g/mol. The minimum atomic E-state index is -0.136. The van der Waals surface area contributed by atoms with Crippen molar-refractivity contribution in [3.63, 3.8) is 0 Å². The van der Waals surface area contributed by atoms with Crippen molar-refractivity contribution >= 4 is 34.8 Å². The Bertz CT molecular complexity index is 791. The Hall–Kier alpha value is -1.91. The van der Waals surface area contributed by atoms with E-state index in [9.17, 15) is 4.79 Å². The summed E-state index contributed by atoms with van der Waals surface area (Å²) in [5.74, 6) is 1.14. The largest absolute Gasteiger partial charge is 0.454 e. The van der Waals surface area contributed by atoms with Crippen LogP contribution >= 0.6 is 23.2 Å². The van der Waals surface area contributed by atoms with Crippen LogP contribution in [0.1, 0.15) is 23.5 Å². The lowest BCUT2D eigenvalue weighted by Crippen LogP contribution is -2.23. The standard InChI is InChI=1S/C16H11Cl2NO3/c17-8-1-2-9(12(18)3-8)10-5-16(20)19-13-6-15-14(4-11(10)13)21-7-22-15/h1-4,6,10H,5,7H2,(H,19,20). The molecule has 1 N–H and O–H groups in total. The Morgan fingerprint density at radius 2 is 1.82 bits per heavy atom. The quantitative estimate of drug-likeness (QED) is 0.849. The molecular formula is C16H11Cl2NO3. The Kier molecular flexibility index (Phi) is 3.17. The average molecular weight is 336 g/mol. The number of ether oxygens (including phenoxy) is 2. The molecule has 2 aliphatic heterocycles. The molecule has 0 radical (unpaired) electrons. The molecular weight excluding hydrogens is 325 g/mol. The second-order valence-electron chi connectivity index (χ2n) is 5.26. The molecule has 22 heavy (non-hydrogen) atoms. The highest BCUT2D eigenvalue weighted by Crippen LogP contribution is 2.46. The Morgan fingerprint density at radius 3 is 2.59 bits per heavy atom. The van der Waals surface area contributed by atoms with Crippen molar-refractivity contribution < 1.29 is 14.3 Å². The molecule has 2 heterocycles. The van der Waals surface area contributed by atoms with Gasteiger partial charge in [0.25, 0.3) is 0 Å². The maximum Gasteiger partial charge on any atom is 0.231 e. The smallest absolute Gasteiger partial charge is 0.231 e. The third-order valence-electron chi connectivity index (χ3n) is 3.92. The molecule has 2 aromatic rings. The molecule has 1 atom stereocenters. The molecule has 2 aromatic carbocycles. The first kappa shape index (κ1) is 13.7. The zero-order valence-corrected chi connectivity index (χ0v) is 12.9. The fourth-order valence-corrected chi connectivity index (χ4v) is 3.45. The van der Waals surface area contributed by atoms with Gasteiger partial charge in [0.15, 0.2) is 11.5 Å². The Labute approximate surface area is 136 Å². The molecule has 1 unspecified atom stereocenters. The number of amides is 1. The molecule has 0 bridgehead atoms. The summed E-state index contributed by atoms with van der Waals surface area (Å²) in [6, 6.07) is 9.04. The number of fused-ring (bicyclic) bond motifs is 2. The van der Waals surface area contributed by atoms with E-state index < -0.39 is 0 Å². The van der Waals surface area contributed by atoms with E-state index in [0.29, 0.717) is 28.0 Å². The number of anilines is 1. The predicted octanol–water partition coefficient (Wildman–Crippen LogP) is 4.20. The van der Waals surface area contributed by atoms with Crippen molar-refractivity contribution in [2.24, 2.45) is 0 Å². The van der Waals surface area contributed by atoms with E-state index in [0.717, 1.165) is 16.8 Å². The van der Waals surface area contributed by atoms with Crippen molar-refractivity contribution in [2.75, 3.05) is 12.1 Å². The van der Waals surface area contributed by atoms with Gasteiger partial charge in [0.05, 0.1) is 0 Å². The third kappa shape index (κ3) is 2.19. The third-order valence-corrected chi connectivity index (χ3v) is 4.48. The number of nitrogens with one attached hydrogen (secondary N) is 1. The summed E-state index contributed by atoms with van der Waals surface area (Å²) in [4.78, 5) is 12.0. The lowest BCUT2D eigenvalue weighted by molar-refractivity contribution is -0.116. The van der Waals surface area contributed by atoms with Gasteiger partial charge in [-0.3, -0.25) is 4.79 Å². The van der Waals surface area contributed by atoms with Crippen LogP contribution in [-0.4, -0.2) is 12.7 Å². The van der Waals surface area contributed by atoms with Gasteiger partial charge in [-0.1, -0.05) is 29.3 Å². The summed E-state index contributed by atoms with van der Waals surface area (Å²) in [5, 5.41) is 4.00. The van der Waals surface area contributed by atoms with Crippen LogP contribution in [0.3, 0.4) is 0 Å². The number of carbonyl (C=O) groups excluding carboxylic acids is 1. The first-order valence-corrected chi connectivity index (χ1v) is 7.56. The molecule has 6 heteroatoms. The maximum atomic E-state index is 12.0. The topological polar surface area (TPSA) is 47.6 Å². The second kappa shape index (κ2) is 5.07. The van der Waals surface area contributed by atoms with Gasteiger partial charge in [0.1, 0.15) is 0 Å². The maximum absolute atomic E-state index is 12.0. The molecule has 112 valence electrons. The van der Waals surface area contributed by atoms with Crippen LogP contribution in [0.25, 0.3) is 0 Å². The van der Waals surface area contributed by atoms with Crippen molar-refractivity contribution in [3.05, 3.63) is 51.5 Å². The molecule has 1 amide bonds. The summed E-state index contributed by atoms with van der Waals surface area (Å²) >= 11 is 12.3. The lowest BCUT2D eigenvalue weighted by Gasteiger charge is -2.27. The van der Waals surface area contributed by atoms with Gasteiger partial charge in [-0.15, -0.1) is 0 Å². The van der Waals surface area contributed by atoms with Crippen molar-refractivity contribution in [1.29, 1.82) is 0 Å². The average Bonchev–Trinajstić information content (AvgIpc) is 2.91. The van der Waals surface area contributed by atoms with E-state index in [1.165, 1.54) is 0 Å². The fourth-order valence-electron chi connectivity index (χ4n) is 2.91. The number of carbonyl (C=O) groups is 1. The molecule has 4 rings (SSSR count). The number of hydrogen-bond donors (Lipinski definition) is 1. The lowest BCUT2D eigenvalue weighted by atomic mass is 9.84. The Balaban J connectivity index is 1.86. The predicted molar refractivity (Wildman–Crippen MR) is 84.1 cm³/mol. The van der Waals surface area contributed by atoms with Gasteiger partial charge in [0, 0.05) is 34.1 Å². The molecule has 0 spiro atoms. The van der Waals surface area contributed by atoms with Crippen LogP contribution in [0.4, 0.5) is 5.69 Å². The first-order chi connectivity index (χ1) is 10.6. The molecule has 0 fully saturated rings. The van der Waals surface area contributed by atoms with E-state index in [1.807, 2.05) is 12.1 Å². The minimum Gasteiger partial charge on any atom is -0.454 e. The summed E-state index contributed by atoms with van der Waals surface area (Å²) in [7, 11) is 0. The van der Waals surface area contributed by atoms with Crippen LogP contribution in [0.5, 0.6) is 11.5 Å². The van der Waals surface area contributed by atoms with Crippen LogP contribution in [0.2, 0.25) is 10.0 Å². The summed E-state index contributed by atoms with van der Waals surface area (Å²) in [5.41, 5.74) is 2.57. The van der Waals surface area contributed by atoms with Crippen molar-refractivity contribution in [1.82, 2.24) is 0 Å². The number of halogens is 2. The minimum absolute atomic E-state index is 0.0534. The fraction of sp³-hybridized carbons (Fsp3) is 0.188. The van der Waals surface area contributed by atoms with E-state index >= 15 is 0 Å². The highest BCUT2D eigenvalue weighted by molar-refractivity contribution is 6.35.